The largest absolute Gasteiger partial charge is 0.352 e. The maximum Gasteiger partial charge on any atom is 0.253 e. The zero-order chi connectivity index (χ0) is 13.1. The molecule has 0 spiro atoms. The van der Waals surface area contributed by atoms with E-state index < -0.39 is 6.04 Å². The lowest BCUT2D eigenvalue weighted by atomic mass is 10.2. The first-order valence-corrected chi connectivity index (χ1v) is 6.16. The van der Waals surface area contributed by atoms with Gasteiger partial charge in [0, 0.05) is 18.4 Å². The first-order valence-electron chi connectivity index (χ1n) is 5.78. The molecule has 1 saturated carbocycles. The Labute approximate surface area is 110 Å². The Balaban J connectivity index is 1.94. The van der Waals surface area contributed by atoms with Gasteiger partial charge in [0.15, 0.2) is 0 Å². The number of hydrogen-bond donors (Lipinski definition) is 2. The van der Waals surface area contributed by atoms with Crippen LogP contribution in [0.5, 0.6) is 0 Å². The smallest absolute Gasteiger partial charge is 0.253 e. The number of carbonyl (C=O) groups is 2. The van der Waals surface area contributed by atoms with Crippen LogP contribution in [0.15, 0.2) is 18.5 Å². The minimum Gasteiger partial charge on any atom is -0.352 e. The molecule has 2 amide bonds. The number of carbonyl (C=O) groups excluding carboxylic acids is 2. The van der Waals surface area contributed by atoms with Gasteiger partial charge in [-0.1, -0.05) is 11.6 Å². The SMILES string of the molecule is CC(NC(=O)c1ccncc1Cl)C(=O)NC1CC1. The molecule has 18 heavy (non-hydrogen) atoms. The summed E-state index contributed by atoms with van der Waals surface area (Å²) >= 11 is 5.85. The Morgan fingerprint density at radius 2 is 2.22 bits per heavy atom. The van der Waals surface area contributed by atoms with Crippen molar-refractivity contribution in [1.82, 2.24) is 15.6 Å². The van der Waals surface area contributed by atoms with Crippen LogP contribution in [0.25, 0.3) is 0 Å². The van der Waals surface area contributed by atoms with Crippen LogP contribution in [0.3, 0.4) is 0 Å². The van der Waals surface area contributed by atoms with Gasteiger partial charge in [-0.05, 0) is 25.8 Å². The molecule has 0 bridgehead atoms. The van der Waals surface area contributed by atoms with E-state index in [9.17, 15) is 9.59 Å². The normalized spacial score (nSPS) is 15.9. The van der Waals surface area contributed by atoms with E-state index in [-0.39, 0.29) is 22.9 Å². The molecule has 1 aromatic heterocycles. The van der Waals surface area contributed by atoms with E-state index in [2.05, 4.69) is 15.6 Å². The van der Waals surface area contributed by atoms with Crippen LogP contribution < -0.4 is 10.6 Å². The van der Waals surface area contributed by atoms with Crippen molar-refractivity contribution in [3.63, 3.8) is 0 Å². The van der Waals surface area contributed by atoms with Crippen LogP contribution in [0.4, 0.5) is 0 Å². The van der Waals surface area contributed by atoms with Crippen LogP contribution in [0.1, 0.15) is 30.1 Å². The molecule has 96 valence electrons. The third kappa shape index (κ3) is 3.20. The number of nitrogens with zero attached hydrogens (tertiary/aromatic N) is 1. The van der Waals surface area contributed by atoms with Crippen LogP contribution in [-0.4, -0.2) is 28.9 Å². The first kappa shape index (κ1) is 12.8. The van der Waals surface area contributed by atoms with E-state index in [0.717, 1.165) is 12.8 Å². The number of amides is 2. The lowest BCUT2D eigenvalue weighted by molar-refractivity contribution is -0.122. The molecule has 0 saturated heterocycles. The zero-order valence-corrected chi connectivity index (χ0v) is 10.7. The van der Waals surface area contributed by atoms with E-state index in [1.54, 1.807) is 6.92 Å². The van der Waals surface area contributed by atoms with Gasteiger partial charge in [0.1, 0.15) is 6.04 Å². The van der Waals surface area contributed by atoms with Crippen molar-refractivity contribution in [3.05, 3.63) is 29.0 Å². The molecule has 0 aromatic carbocycles. The van der Waals surface area contributed by atoms with E-state index >= 15 is 0 Å². The molecule has 0 aliphatic heterocycles. The van der Waals surface area contributed by atoms with Crippen molar-refractivity contribution in [1.29, 1.82) is 0 Å². The molecular formula is C12H14ClN3O2. The molecule has 1 aliphatic rings. The van der Waals surface area contributed by atoms with Gasteiger partial charge in [-0.2, -0.15) is 0 Å². The van der Waals surface area contributed by atoms with Gasteiger partial charge in [0.2, 0.25) is 5.91 Å². The molecule has 2 rings (SSSR count). The number of halogens is 1. The molecule has 1 aliphatic carbocycles. The van der Waals surface area contributed by atoms with E-state index in [4.69, 9.17) is 11.6 Å². The number of pyridine rings is 1. The van der Waals surface area contributed by atoms with E-state index in [0.29, 0.717) is 5.56 Å². The highest BCUT2D eigenvalue weighted by Crippen LogP contribution is 2.18. The Morgan fingerprint density at radius 1 is 1.50 bits per heavy atom. The van der Waals surface area contributed by atoms with Crippen molar-refractivity contribution in [2.45, 2.75) is 31.8 Å². The Hall–Kier alpha value is -1.62. The van der Waals surface area contributed by atoms with E-state index in [1.807, 2.05) is 0 Å². The summed E-state index contributed by atoms with van der Waals surface area (Å²) < 4.78 is 0. The standard InChI is InChI=1S/C12H14ClN3O2/c1-7(11(17)16-8-2-3-8)15-12(18)9-4-5-14-6-10(9)13/h4-8H,2-3H2,1H3,(H,15,18)(H,16,17). The molecule has 6 heteroatoms. The average Bonchev–Trinajstić information content (AvgIpc) is 3.13. The molecule has 0 radical (unpaired) electrons. The van der Waals surface area contributed by atoms with Gasteiger partial charge >= 0.3 is 0 Å². The maximum atomic E-state index is 11.9. The van der Waals surface area contributed by atoms with Gasteiger partial charge in [-0.15, -0.1) is 0 Å². The summed E-state index contributed by atoms with van der Waals surface area (Å²) in [7, 11) is 0. The highest BCUT2D eigenvalue weighted by Gasteiger charge is 2.26. The average molecular weight is 268 g/mol. The maximum absolute atomic E-state index is 11.9. The summed E-state index contributed by atoms with van der Waals surface area (Å²) in [6.45, 7) is 1.64. The van der Waals surface area contributed by atoms with Gasteiger partial charge in [0.25, 0.3) is 5.91 Å². The van der Waals surface area contributed by atoms with Crippen molar-refractivity contribution >= 4 is 23.4 Å². The highest BCUT2D eigenvalue weighted by atomic mass is 35.5. The van der Waals surface area contributed by atoms with Crippen LogP contribution >= 0.6 is 11.6 Å². The Bertz CT molecular complexity index is 474. The monoisotopic (exact) mass is 267 g/mol. The minimum atomic E-state index is -0.581. The number of hydrogen-bond acceptors (Lipinski definition) is 3. The second-order valence-corrected chi connectivity index (χ2v) is 4.74. The number of aromatic nitrogens is 1. The molecule has 1 unspecified atom stereocenters. The topological polar surface area (TPSA) is 71.1 Å². The first-order chi connectivity index (χ1) is 8.58. The van der Waals surface area contributed by atoms with Crippen molar-refractivity contribution in [3.8, 4) is 0 Å². The van der Waals surface area contributed by atoms with Crippen LogP contribution in [0.2, 0.25) is 5.02 Å². The Kier molecular flexibility index (Phi) is 3.81. The van der Waals surface area contributed by atoms with Crippen molar-refractivity contribution in [2.75, 3.05) is 0 Å². The van der Waals surface area contributed by atoms with Crippen LogP contribution in [0, 0.1) is 0 Å². The molecule has 2 N–H and O–H groups in total. The van der Waals surface area contributed by atoms with Gasteiger partial charge in [0.05, 0.1) is 10.6 Å². The molecule has 1 aromatic rings. The third-order valence-electron chi connectivity index (χ3n) is 2.68. The molecule has 1 fully saturated rings. The summed E-state index contributed by atoms with van der Waals surface area (Å²) in [4.78, 5) is 27.4. The lowest BCUT2D eigenvalue weighted by Gasteiger charge is -2.14. The zero-order valence-electron chi connectivity index (χ0n) is 9.94. The molecule has 5 nitrogen and oxygen atoms in total. The lowest BCUT2D eigenvalue weighted by Crippen LogP contribution is -2.45. The quantitative estimate of drug-likeness (QED) is 0.859. The summed E-state index contributed by atoms with van der Waals surface area (Å²) in [5.41, 5.74) is 0.317. The molecule has 1 atom stereocenters. The molecule has 1 heterocycles. The van der Waals surface area contributed by atoms with Gasteiger partial charge in [-0.3, -0.25) is 14.6 Å². The van der Waals surface area contributed by atoms with Crippen molar-refractivity contribution < 1.29 is 9.59 Å². The van der Waals surface area contributed by atoms with Gasteiger partial charge in [-0.25, -0.2) is 0 Å². The van der Waals surface area contributed by atoms with Gasteiger partial charge < -0.3 is 10.6 Å². The summed E-state index contributed by atoms with van der Waals surface area (Å²) in [6.07, 6.45) is 4.91. The fraction of sp³-hybridized carbons (Fsp3) is 0.417. The number of nitrogens with one attached hydrogen (secondary N) is 2. The van der Waals surface area contributed by atoms with Crippen molar-refractivity contribution in [2.24, 2.45) is 0 Å². The van der Waals surface area contributed by atoms with E-state index in [1.165, 1.54) is 18.5 Å². The third-order valence-corrected chi connectivity index (χ3v) is 2.98. The number of rotatable bonds is 4. The predicted molar refractivity (Wildman–Crippen MR) is 67.3 cm³/mol. The fourth-order valence-corrected chi connectivity index (χ4v) is 1.66. The highest BCUT2D eigenvalue weighted by molar-refractivity contribution is 6.33. The predicted octanol–water partition coefficient (Wildman–Crippen LogP) is 1.13. The fourth-order valence-electron chi connectivity index (χ4n) is 1.45. The summed E-state index contributed by atoms with van der Waals surface area (Å²) in [6, 6.07) is 1.21. The van der Waals surface area contributed by atoms with Crippen LogP contribution in [-0.2, 0) is 4.79 Å². The summed E-state index contributed by atoms with van der Waals surface area (Å²) in [5.74, 6) is -0.545. The Morgan fingerprint density at radius 3 is 2.83 bits per heavy atom. The minimum absolute atomic E-state index is 0.170. The second-order valence-electron chi connectivity index (χ2n) is 4.33. The second kappa shape index (κ2) is 5.35. The molecular weight excluding hydrogens is 254 g/mol. The summed E-state index contributed by atoms with van der Waals surface area (Å²) in [5, 5.41) is 5.70.